The van der Waals surface area contributed by atoms with Crippen LogP contribution in [0.3, 0.4) is 0 Å². The first-order chi connectivity index (χ1) is 6.60. The summed E-state index contributed by atoms with van der Waals surface area (Å²) in [5, 5.41) is 11.7. The van der Waals surface area contributed by atoms with Gasteiger partial charge in [-0.25, -0.2) is 4.79 Å². The summed E-state index contributed by atoms with van der Waals surface area (Å²) < 4.78 is 4.51. The van der Waals surface area contributed by atoms with Gasteiger partial charge in [-0.1, -0.05) is 19.1 Å². The van der Waals surface area contributed by atoms with E-state index in [-0.39, 0.29) is 6.61 Å². The number of methoxy groups -OCH3 is 1. The minimum Gasteiger partial charge on any atom is -0.467 e. The highest BCUT2D eigenvalue weighted by Gasteiger charge is 2.37. The Morgan fingerprint density at radius 3 is 2.71 bits per heavy atom. The van der Waals surface area contributed by atoms with Crippen LogP contribution in [0.1, 0.15) is 13.3 Å². The molecular weight excluding hydrogens is 202 g/mol. The van der Waals surface area contributed by atoms with Crippen molar-refractivity contribution in [3.8, 4) is 0 Å². The normalized spacial score (nSPS) is 26.5. The summed E-state index contributed by atoms with van der Waals surface area (Å²) in [6.45, 7) is 1.80. The number of hydrogen-bond acceptors (Lipinski definition) is 4. The molecule has 1 aliphatic carbocycles. The second-order valence-electron chi connectivity index (χ2n) is 3.59. The molecule has 0 spiro atoms. The molecule has 3 atom stereocenters. The molecule has 1 saturated carbocycles. The Balaban J connectivity index is 2.40. The van der Waals surface area contributed by atoms with Gasteiger partial charge in [-0.3, -0.25) is 0 Å². The molecule has 0 aliphatic heterocycles. The summed E-state index contributed by atoms with van der Waals surface area (Å²) in [5.74, 6) is 0.471. The van der Waals surface area contributed by atoms with E-state index in [1.807, 2.05) is 0 Å². The number of carbonyl (C=O) groups is 1. The summed E-state index contributed by atoms with van der Waals surface area (Å²) in [7, 11) is 1.29. The van der Waals surface area contributed by atoms with Crippen LogP contribution in [0.4, 0.5) is 0 Å². The molecule has 1 rings (SSSR count). The third kappa shape index (κ3) is 2.65. The van der Waals surface area contributed by atoms with E-state index in [1.54, 1.807) is 0 Å². The largest absolute Gasteiger partial charge is 0.467 e. The average Bonchev–Trinajstić information content (AvgIpc) is 2.90. The number of rotatable bonds is 4. The van der Waals surface area contributed by atoms with Crippen LogP contribution in [0.5, 0.6) is 0 Å². The monoisotopic (exact) mass is 217 g/mol. The fourth-order valence-corrected chi connectivity index (χ4v) is 1.76. The minimum absolute atomic E-state index is 0.298. The Bertz CT molecular complexity index is 244. The van der Waals surface area contributed by atoms with Gasteiger partial charge in [0.15, 0.2) is 0 Å². The van der Waals surface area contributed by atoms with Crippen molar-refractivity contribution < 1.29 is 14.6 Å². The van der Waals surface area contributed by atoms with Gasteiger partial charge in [0.1, 0.15) is 6.04 Å². The summed E-state index contributed by atoms with van der Waals surface area (Å²) in [6.07, 6.45) is 1.06. The number of aliphatic hydroxyl groups excluding tert-OH is 1. The SMILES string of the molecule is COC(=O)[C@H](CO)NC(=S)[C@@H]1C[C@@H]1C. The molecule has 0 aromatic rings. The van der Waals surface area contributed by atoms with E-state index in [1.165, 1.54) is 7.11 Å². The lowest BCUT2D eigenvalue weighted by atomic mass is 10.2. The third-order valence-electron chi connectivity index (χ3n) is 2.43. The topological polar surface area (TPSA) is 58.6 Å². The molecule has 4 nitrogen and oxygen atoms in total. The number of nitrogens with one attached hydrogen (secondary N) is 1. The molecule has 0 bridgehead atoms. The summed E-state index contributed by atoms with van der Waals surface area (Å²) in [4.78, 5) is 11.8. The number of thiocarbonyl (C=S) groups is 1. The molecule has 2 N–H and O–H groups in total. The first kappa shape index (κ1) is 11.4. The van der Waals surface area contributed by atoms with Crippen LogP contribution in [0, 0.1) is 11.8 Å². The first-order valence-corrected chi connectivity index (χ1v) is 5.00. The molecule has 0 heterocycles. The molecule has 0 radical (unpaired) electrons. The average molecular weight is 217 g/mol. The Hall–Kier alpha value is -0.680. The second-order valence-corrected chi connectivity index (χ2v) is 4.03. The van der Waals surface area contributed by atoms with Gasteiger partial charge in [-0.05, 0) is 12.3 Å². The van der Waals surface area contributed by atoms with Crippen molar-refractivity contribution in [2.24, 2.45) is 11.8 Å². The zero-order valence-electron chi connectivity index (χ0n) is 8.32. The predicted molar refractivity (Wildman–Crippen MR) is 55.9 cm³/mol. The van der Waals surface area contributed by atoms with Crippen LogP contribution < -0.4 is 5.32 Å². The van der Waals surface area contributed by atoms with Crippen molar-refractivity contribution in [2.45, 2.75) is 19.4 Å². The summed E-state index contributed by atoms with van der Waals surface area (Å²) >= 11 is 5.10. The highest BCUT2D eigenvalue weighted by molar-refractivity contribution is 7.80. The quantitative estimate of drug-likeness (QED) is 0.516. The van der Waals surface area contributed by atoms with E-state index in [0.29, 0.717) is 16.8 Å². The molecular formula is C9H15NO3S. The molecule has 14 heavy (non-hydrogen) atoms. The van der Waals surface area contributed by atoms with Gasteiger partial charge in [0.2, 0.25) is 0 Å². The van der Waals surface area contributed by atoms with Crippen LogP contribution in [0.2, 0.25) is 0 Å². The van der Waals surface area contributed by atoms with Gasteiger partial charge in [0, 0.05) is 5.92 Å². The van der Waals surface area contributed by atoms with Crippen molar-refractivity contribution in [3.05, 3.63) is 0 Å². The lowest BCUT2D eigenvalue weighted by Crippen LogP contribution is -2.44. The fourth-order valence-electron chi connectivity index (χ4n) is 1.29. The molecule has 0 amide bonds. The zero-order chi connectivity index (χ0) is 10.7. The van der Waals surface area contributed by atoms with Crippen LogP contribution >= 0.6 is 12.2 Å². The van der Waals surface area contributed by atoms with Crippen molar-refractivity contribution in [2.75, 3.05) is 13.7 Å². The Labute approximate surface area is 88.6 Å². The number of carbonyl (C=O) groups excluding carboxylic acids is 1. The van der Waals surface area contributed by atoms with Gasteiger partial charge < -0.3 is 15.2 Å². The molecule has 1 fully saturated rings. The Kier molecular flexibility index (Phi) is 3.83. The number of hydrogen-bond donors (Lipinski definition) is 2. The minimum atomic E-state index is -0.722. The van der Waals surface area contributed by atoms with Crippen molar-refractivity contribution >= 4 is 23.2 Å². The van der Waals surface area contributed by atoms with Gasteiger partial charge >= 0.3 is 5.97 Å². The van der Waals surface area contributed by atoms with E-state index >= 15 is 0 Å². The lowest BCUT2D eigenvalue weighted by molar-refractivity contribution is -0.143. The molecule has 1 aliphatic rings. The maximum absolute atomic E-state index is 11.1. The number of aliphatic hydroxyl groups is 1. The smallest absolute Gasteiger partial charge is 0.330 e. The Morgan fingerprint density at radius 1 is 1.79 bits per heavy atom. The molecule has 0 unspecified atom stereocenters. The van der Waals surface area contributed by atoms with E-state index in [9.17, 15) is 4.79 Å². The summed E-state index contributed by atoms with van der Waals surface area (Å²) in [5.41, 5.74) is 0. The standard InChI is InChI=1S/C9H15NO3S/c1-5-3-6(5)8(14)10-7(4-11)9(12)13-2/h5-7,11H,3-4H2,1-2H3,(H,10,14)/t5-,6+,7-/m0/s1. The van der Waals surface area contributed by atoms with Crippen LogP contribution in [-0.4, -0.2) is 35.8 Å². The van der Waals surface area contributed by atoms with E-state index in [2.05, 4.69) is 17.0 Å². The fraction of sp³-hybridized carbons (Fsp3) is 0.778. The van der Waals surface area contributed by atoms with Crippen LogP contribution in [-0.2, 0) is 9.53 Å². The zero-order valence-corrected chi connectivity index (χ0v) is 9.13. The molecule has 0 aromatic heterocycles. The highest BCUT2D eigenvalue weighted by atomic mass is 32.1. The van der Waals surface area contributed by atoms with E-state index in [4.69, 9.17) is 17.3 Å². The van der Waals surface area contributed by atoms with E-state index in [0.717, 1.165) is 6.42 Å². The van der Waals surface area contributed by atoms with Gasteiger partial charge in [-0.15, -0.1) is 0 Å². The van der Waals surface area contributed by atoms with Gasteiger partial charge in [-0.2, -0.15) is 0 Å². The van der Waals surface area contributed by atoms with Gasteiger partial charge in [0.05, 0.1) is 18.7 Å². The van der Waals surface area contributed by atoms with E-state index < -0.39 is 12.0 Å². The molecule has 5 heteroatoms. The highest BCUT2D eigenvalue weighted by Crippen LogP contribution is 2.38. The first-order valence-electron chi connectivity index (χ1n) is 4.59. The predicted octanol–water partition coefficient (Wildman–Crippen LogP) is 0.0933. The maximum Gasteiger partial charge on any atom is 0.330 e. The lowest BCUT2D eigenvalue weighted by Gasteiger charge is -2.15. The third-order valence-corrected chi connectivity index (χ3v) is 2.85. The Morgan fingerprint density at radius 2 is 2.36 bits per heavy atom. The van der Waals surface area contributed by atoms with Crippen LogP contribution in [0.15, 0.2) is 0 Å². The van der Waals surface area contributed by atoms with Gasteiger partial charge in [0.25, 0.3) is 0 Å². The number of esters is 1. The maximum atomic E-state index is 11.1. The summed E-state index contributed by atoms with van der Waals surface area (Å²) in [6, 6.07) is -0.722. The molecule has 80 valence electrons. The van der Waals surface area contributed by atoms with Crippen molar-refractivity contribution in [1.29, 1.82) is 0 Å². The number of ether oxygens (including phenoxy) is 1. The second kappa shape index (κ2) is 4.70. The van der Waals surface area contributed by atoms with Crippen LogP contribution in [0.25, 0.3) is 0 Å². The molecule has 0 saturated heterocycles. The van der Waals surface area contributed by atoms with Crippen molar-refractivity contribution in [3.63, 3.8) is 0 Å². The van der Waals surface area contributed by atoms with Crippen molar-refractivity contribution in [1.82, 2.24) is 5.32 Å². The molecule has 0 aromatic carbocycles.